The quantitative estimate of drug-likeness (QED) is 0.557. The largest absolute Gasteiger partial charge is 0.345 e. The van der Waals surface area contributed by atoms with Crippen molar-refractivity contribution in [2.75, 3.05) is 25.1 Å². The van der Waals surface area contributed by atoms with Crippen molar-refractivity contribution >= 4 is 17.7 Å². The number of carbonyl (C=O) groups is 1. The summed E-state index contributed by atoms with van der Waals surface area (Å²) in [7, 11) is 1.87. The van der Waals surface area contributed by atoms with Crippen molar-refractivity contribution in [1.29, 1.82) is 0 Å². The maximum atomic E-state index is 10.9. The third-order valence-electron chi connectivity index (χ3n) is 1.46. The van der Waals surface area contributed by atoms with Crippen molar-refractivity contribution in [2.45, 2.75) is 20.3 Å². The second kappa shape index (κ2) is 6.53. The Bertz CT molecular complexity index is 117. The van der Waals surface area contributed by atoms with Crippen molar-refractivity contribution < 1.29 is 4.79 Å². The van der Waals surface area contributed by atoms with E-state index in [1.165, 1.54) is 0 Å². The molecule has 0 unspecified atom stereocenters. The van der Waals surface area contributed by atoms with Crippen molar-refractivity contribution in [1.82, 2.24) is 4.90 Å². The zero-order chi connectivity index (χ0) is 8.69. The van der Waals surface area contributed by atoms with E-state index >= 15 is 0 Å². The molecule has 0 radical (unpaired) electrons. The summed E-state index contributed by atoms with van der Waals surface area (Å²) in [6, 6.07) is 0. The Balaban J connectivity index is 0.000000461. The van der Waals surface area contributed by atoms with E-state index in [4.69, 9.17) is 0 Å². The van der Waals surface area contributed by atoms with Gasteiger partial charge in [-0.15, -0.1) is 0 Å². The second-order valence-electron chi connectivity index (χ2n) is 2.18. The van der Waals surface area contributed by atoms with Gasteiger partial charge in [0, 0.05) is 31.5 Å². The first-order valence-electron chi connectivity index (χ1n) is 4.12. The maximum absolute atomic E-state index is 10.9. The van der Waals surface area contributed by atoms with E-state index in [-0.39, 0.29) is 0 Å². The van der Waals surface area contributed by atoms with Gasteiger partial charge < -0.3 is 4.90 Å². The molecule has 1 aliphatic rings. The van der Waals surface area contributed by atoms with E-state index in [9.17, 15) is 4.79 Å². The number of rotatable bonds is 0. The highest BCUT2D eigenvalue weighted by Crippen LogP contribution is 2.08. The fourth-order valence-corrected chi connectivity index (χ4v) is 1.70. The van der Waals surface area contributed by atoms with Crippen LogP contribution in [0.4, 0.5) is 0 Å². The van der Waals surface area contributed by atoms with Crippen LogP contribution in [-0.2, 0) is 4.79 Å². The molecule has 3 heteroatoms. The number of nitrogens with zero attached hydrogens (tertiary/aromatic N) is 1. The van der Waals surface area contributed by atoms with Gasteiger partial charge in [-0.2, -0.15) is 11.8 Å². The van der Waals surface area contributed by atoms with E-state index in [0.717, 1.165) is 24.5 Å². The van der Waals surface area contributed by atoms with Crippen LogP contribution >= 0.6 is 11.8 Å². The van der Waals surface area contributed by atoms with Crippen molar-refractivity contribution in [3.8, 4) is 0 Å². The molecule has 0 aromatic heterocycles. The van der Waals surface area contributed by atoms with Crippen LogP contribution in [0.1, 0.15) is 20.3 Å². The van der Waals surface area contributed by atoms with E-state index in [1.807, 2.05) is 32.7 Å². The van der Waals surface area contributed by atoms with Gasteiger partial charge in [-0.05, 0) is 0 Å². The van der Waals surface area contributed by atoms with Crippen LogP contribution in [0.5, 0.6) is 0 Å². The van der Waals surface area contributed by atoms with Gasteiger partial charge in [0.1, 0.15) is 0 Å². The van der Waals surface area contributed by atoms with Crippen LogP contribution in [0.3, 0.4) is 0 Å². The topological polar surface area (TPSA) is 20.3 Å². The maximum Gasteiger partial charge on any atom is 0.223 e. The number of amides is 1. The third kappa shape index (κ3) is 4.30. The predicted octanol–water partition coefficient (Wildman–Crippen LogP) is 1.61. The van der Waals surface area contributed by atoms with E-state index < -0.39 is 0 Å². The van der Waals surface area contributed by atoms with Crippen molar-refractivity contribution in [3.63, 3.8) is 0 Å². The standard InChI is InChI=1S/C6H11NOS.C2H6/c1-7-3-5-9-4-2-6(7)8;1-2/h2-5H2,1H3;1-2H3. The van der Waals surface area contributed by atoms with E-state index in [0.29, 0.717) is 5.91 Å². The molecule has 0 spiro atoms. The molecular weight excluding hydrogens is 158 g/mol. The predicted molar refractivity (Wildman–Crippen MR) is 50.9 cm³/mol. The summed E-state index contributed by atoms with van der Waals surface area (Å²) >= 11 is 1.86. The molecule has 11 heavy (non-hydrogen) atoms. The molecule has 1 saturated heterocycles. The fourth-order valence-electron chi connectivity index (χ4n) is 0.779. The molecule has 1 fully saturated rings. The molecule has 0 atom stereocenters. The molecule has 1 aliphatic heterocycles. The van der Waals surface area contributed by atoms with Gasteiger partial charge in [-0.1, -0.05) is 13.8 Å². The van der Waals surface area contributed by atoms with Gasteiger partial charge in [0.25, 0.3) is 0 Å². The summed E-state index contributed by atoms with van der Waals surface area (Å²) in [4.78, 5) is 12.7. The highest BCUT2D eigenvalue weighted by Gasteiger charge is 2.11. The Morgan fingerprint density at radius 3 is 2.64 bits per heavy atom. The third-order valence-corrected chi connectivity index (χ3v) is 2.42. The smallest absolute Gasteiger partial charge is 0.223 e. The molecule has 0 aliphatic carbocycles. The highest BCUT2D eigenvalue weighted by molar-refractivity contribution is 7.99. The van der Waals surface area contributed by atoms with Crippen LogP contribution in [0.25, 0.3) is 0 Å². The molecule has 0 bridgehead atoms. The molecular formula is C8H17NOS. The van der Waals surface area contributed by atoms with Crippen LogP contribution in [0.15, 0.2) is 0 Å². The molecule has 0 saturated carbocycles. The lowest BCUT2D eigenvalue weighted by Crippen LogP contribution is -2.26. The average molecular weight is 175 g/mol. The minimum atomic E-state index is 0.292. The Kier molecular flexibility index (Phi) is 6.42. The minimum absolute atomic E-state index is 0.292. The molecule has 66 valence electrons. The summed E-state index contributed by atoms with van der Waals surface area (Å²) in [5.41, 5.74) is 0. The van der Waals surface area contributed by atoms with Gasteiger partial charge in [-0.25, -0.2) is 0 Å². The van der Waals surface area contributed by atoms with Crippen molar-refractivity contribution in [3.05, 3.63) is 0 Å². The van der Waals surface area contributed by atoms with Gasteiger partial charge >= 0.3 is 0 Å². The fraction of sp³-hybridized carbons (Fsp3) is 0.875. The van der Waals surface area contributed by atoms with E-state index in [2.05, 4.69) is 0 Å². The number of hydrogen-bond donors (Lipinski definition) is 0. The van der Waals surface area contributed by atoms with Crippen molar-refractivity contribution in [2.24, 2.45) is 0 Å². The SMILES string of the molecule is CC.CN1CCSCCC1=O. The summed E-state index contributed by atoms with van der Waals surface area (Å²) in [6.07, 6.45) is 0.723. The average Bonchev–Trinajstić information content (AvgIpc) is 2.22. The molecule has 0 aromatic rings. The van der Waals surface area contributed by atoms with E-state index in [1.54, 1.807) is 4.90 Å². The zero-order valence-electron chi connectivity index (χ0n) is 7.59. The monoisotopic (exact) mass is 175 g/mol. The number of thioether (sulfide) groups is 1. The molecule has 0 aromatic carbocycles. The summed E-state index contributed by atoms with van der Waals surface area (Å²) < 4.78 is 0. The summed E-state index contributed by atoms with van der Waals surface area (Å²) in [6.45, 7) is 4.92. The van der Waals surface area contributed by atoms with Crippen LogP contribution in [-0.4, -0.2) is 35.9 Å². The first-order valence-corrected chi connectivity index (χ1v) is 5.28. The highest BCUT2D eigenvalue weighted by atomic mass is 32.2. The molecule has 1 amide bonds. The first kappa shape index (κ1) is 10.8. The first-order chi connectivity index (χ1) is 5.30. The van der Waals surface area contributed by atoms with Crippen LogP contribution in [0.2, 0.25) is 0 Å². The zero-order valence-corrected chi connectivity index (χ0v) is 8.41. The van der Waals surface area contributed by atoms with Crippen LogP contribution < -0.4 is 0 Å². The molecule has 1 heterocycles. The Labute approximate surface area is 73.3 Å². The van der Waals surface area contributed by atoms with Gasteiger partial charge in [0.05, 0.1) is 0 Å². The van der Waals surface area contributed by atoms with Gasteiger partial charge in [-0.3, -0.25) is 4.79 Å². The minimum Gasteiger partial charge on any atom is -0.345 e. The Morgan fingerprint density at radius 2 is 2.00 bits per heavy atom. The lowest BCUT2D eigenvalue weighted by molar-refractivity contribution is -0.129. The van der Waals surface area contributed by atoms with Crippen LogP contribution in [0, 0.1) is 0 Å². The number of carbonyl (C=O) groups excluding carboxylic acids is 1. The van der Waals surface area contributed by atoms with Gasteiger partial charge in [0.15, 0.2) is 0 Å². The Hall–Kier alpha value is -0.180. The molecule has 0 N–H and O–H groups in total. The second-order valence-corrected chi connectivity index (χ2v) is 3.40. The molecule has 2 nitrogen and oxygen atoms in total. The Morgan fingerprint density at radius 1 is 1.36 bits per heavy atom. The lowest BCUT2D eigenvalue weighted by Gasteiger charge is -2.11. The summed E-state index contributed by atoms with van der Waals surface area (Å²) in [5.74, 6) is 2.39. The molecule has 1 rings (SSSR count). The normalized spacial score (nSPS) is 18.5. The summed E-state index contributed by atoms with van der Waals surface area (Å²) in [5, 5.41) is 0. The number of hydrogen-bond acceptors (Lipinski definition) is 2. The van der Waals surface area contributed by atoms with Gasteiger partial charge in [0.2, 0.25) is 5.91 Å². The lowest BCUT2D eigenvalue weighted by atomic mass is 10.4.